The number of sulfonamides is 1. The van der Waals surface area contributed by atoms with Gasteiger partial charge in [0.25, 0.3) is 0 Å². The van der Waals surface area contributed by atoms with Gasteiger partial charge >= 0.3 is 5.97 Å². The number of amides is 1. The SMILES string of the molecule is COC(=O)C1CC2CCCCC2N1S(=O)(=O)c1ccc(C(N)=O)cc1. The lowest BCUT2D eigenvalue weighted by atomic mass is 9.85. The van der Waals surface area contributed by atoms with Crippen LogP contribution in [0.2, 0.25) is 0 Å². The summed E-state index contributed by atoms with van der Waals surface area (Å²) in [7, 11) is -2.60. The molecule has 0 aromatic heterocycles. The highest BCUT2D eigenvalue weighted by Gasteiger charge is 2.51. The highest BCUT2D eigenvalue weighted by Crippen LogP contribution is 2.43. The maximum Gasteiger partial charge on any atom is 0.324 e. The van der Waals surface area contributed by atoms with E-state index >= 15 is 0 Å². The number of carbonyl (C=O) groups excluding carboxylic acids is 2. The third-order valence-electron chi connectivity index (χ3n) is 5.22. The molecule has 7 nitrogen and oxygen atoms in total. The fourth-order valence-electron chi connectivity index (χ4n) is 4.01. The number of benzene rings is 1. The van der Waals surface area contributed by atoms with Crippen molar-refractivity contribution in [3.63, 3.8) is 0 Å². The maximum absolute atomic E-state index is 13.2. The zero-order chi connectivity index (χ0) is 18.2. The van der Waals surface area contributed by atoms with Crippen LogP contribution < -0.4 is 5.73 Å². The first-order valence-electron chi connectivity index (χ1n) is 8.37. The average molecular weight is 366 g/mol. The molecule has 2 aliphatic rings. The van der Waals surface area contributed by atoms with Crippen LogP contribution in [0.4, 0.5) is 0 Å². The molecule has 0 spiro atoms. The molecule has 25 heavy (non-hydrogen) atoms. The van der Waals surface area contributed by atoms with Crippen LogP contribution in [0, 0.1) is 5.92 Å². The van der Waals surface area contributed by atoms with Gasteiger partial charge in [0.2, 0.25) is 15.9 Å². The van der Waals surface area contributed by atoms with Gasteiger partial charge in [-0.2, -0.15) is 4.31 Å². The molecule has 2 fully saturated rings. The lowest BCUT2D eigenvalue weighted by Crippen LogP contribution is -2.46. The highest BCUT2D eigenvalue weighted by atomic mass is 32.2. The number of primary amides is 1. The van der Waals surface area contributed by atoms with Gasteiger partial charge in [0.1, 0.15) is 6.04 Å². The van der Waals surface area contributed by atoms with Crippen molar-refractivity contribution >= 4 is 21.9 Å². The van der Waals surface area contributed by atoms with Crippen LogP contribution in [0.15, 0.2) is 29.2 Å². The van der Waals surface area contributed by atoms with Crippen molar-refractivity contribution in [3.8, 4) is 0 Å². The fourth-order valence-corrected chi connectivity index (χ4v) is 5.88. The van der Waals surface area contributed by atoms with Gasteiger partial charge in [-0.3, -0.25) is 9.59 Å². The molecule has 0 radical (unpaired) electrons. The third kappa shape index (κ3) is 3.16. The number of nitrogens with zero attached hydrogens (tertiary/aromatic N) is 1. The van der Waals surface area contributed by atoms with E-state index in [1.165, 1.54) is 35.7 Å². The second-order valence-corrected chi connectivity index (χ2v) is 8.45. The summed E-state index contributed by atoms with van der Waals surface area (Å²) in [4.78, 5) is 23.4. The van der Waals surface area contributed by atoms with E-state index in [0.717, 1.165) is 25.7 Å². The van der Waals surface area contributed by atoms with Gasteiger partial charge in [-0.1, -0.05) is 12.8 Å². The minimum Gasteiger partial charge on any atom is -0.468 e. The topological polar surface area (TPSA) is 107 Å². The van der Waals surface area contributed by atoms with Crippen molar-refractivity contribution in [2.45, 2.75) is 49.1 Å². The second kappa shape index (κ2) is 6.76. The standard InChI is InChI=1S/C17H22N2O5S/c1-24-17(21)15-10-12-4-2-3-5-14(12)19(15)25(22,23)13-8-6-11(7-9-13)16(18)20/h6-9,12,14-15H,2-5,10H2,1H3,(H2,18,20). The molecule has 1 aliphatic heterocycles. The summed E-state index contributed by atoms with van der Waals surface area (Å²) in [6.45, 7) is 0. The molecule has 1 saturated heterocycles. The minimum atomic E-state index is -3.88. The fraction of sp³-hybridized carbons (Fsp3) is 0.529. The predicted octanol–water partition coefficient (Wildman–Crippen LogP) is 1.28. The van der Waals surface area contributed by atoms with Crippen molar-refractivity contribution in [1.29, 1.82) is 0 Å². The van der Waals surface area contributed by atoms with Crippen LogP contribution in [0.1, 0.15) is 42.5 Å². The third-order valence-corrected chi connectivity index (χ3v) is 7.16. The van der Waals surface area contributed by atoms with Gasteiger partial charge in [-0.05, 0) is 49.4 Å². The lowest BCUT2D eigenvalue weighted by molar-refractivity contribution is -0.144. The van der Waals surface area contributed by atoms with Gasteiger partial charge in [0, 0.05) is 11.6 Å². The molecule has 1 aromatic rings. The van der Waals surface area contributed by atoms with Crippen molar-refractivity contribution in [2.75, 3.05) is 7.11 Å². The number of carbonyl (C=O) groups is 2. The van der Waals surface area contributed by atoms with Gasteiger partial charge in [-0.15, -0.1) is 0 Å². The molecule has 3 unspecified atom stereocenters. The molecule has 3 atom stereocenters. The van der Waals surface area contributed by atoms with E-state index < -0.39 is 27.9 Å². The molecule has 2 N–H and O–H groups in total. The number of hydrogen-bond acceptors (Lipinski definition) is 5. The van der Waals surface area contributed by atoms with Crippen LogP contribution in [0.5, 0.6) is 0 Å². The van der Waals surface area contributed by atoms with E-state index in [1.807, 2.05) is 0 Å². The quantitative estimate of drug-likeness (QED) is 0.808. The van der Waals surface area contributed by atoms with Crippen molar-refractivity contribution < 1.29 is 22.7 Å². The summed E-state index contributed by atoms with van der Waals surface area (Å²) in [5.74, 6) is -0.964. The number of fused-ring (bicyclic) bond motifs is 1. The molecule has 1 aliphatic carbocycles. The zero-order valence-corrected chi connectivity index (χ0v) is 14.9. The molecule has 1 saturated carbocycles. The van der Waals surface area contributed by atoms with Crippen molar-refractivity contribution in [1.82, 2.24) is 4.31 Å². The van der Waals surface area contributed by atoms with E-state index in [0.29, 0.717) is 6.42 Å². The molecule has 1 amide bonds. The van der Waals surface area contributed by atoms with Crippen molar-refractivity contribution in [3.05, 3.63) is 29.8 Å². The number of methoxy groups -OCH3 is 1. The number of nitrogens with two attached hydrogens (primary N) is 1. The summed E-state index contributed by atoms with van der Waals surface area (Å²) in [5.41, 5.74) is 5.44. The van der Waals surface area contributed by atoms with E-state index in [9.17, 15) is 18.0 Å². The molecular formula is C17H22N2O5S. The number of rotatable bonds is 4. The number of ether oxygens (including phenoxy) is 1. The average Bonchev–Trinajstić information content (AvgIpc) is 3.01. The molecule has 1 heterocycles. The van der Waals surface area contributed by atoms with Gasteiger partial charge in [0.05, 0.1) is 12.0 Å². The summed E-state index contributed by atoms with van der Waals surface area (Å²) in [6.07, 6.45) is 4.16. The van der Waals surface area contributed by atoms with E-state index in [-0.39, 0.29) is 22.4 Å². The first-order chi connectivity index (χ1) is 11.9. The first-order valence-corrected chi connectivity index (χ1v) is 9.81. The molecule has 1 aromatic carbocycles. The lowest BCUT2D eigenvalue weighted by Gasteiger charge is -2.32. The molecule has 136 valence electrons. The van der Waals surface area contributed by atoms with Crippen LogP contribution in [-0.4, -0.2) is 43.8 Å². The summed E-state index contributed by atoms with van der Waals surface area (Å²) < 4.78 is 32.6. The smallest absolute Gasteiger partial charge is 0.324 e. The summed E-state index contributed by atoms with van der Waals surface area (Å²) in [5, 5.41) is 0. The molecule has 3 rings (SSSR count). The Labute approximate surface area is 147 Å². The van der Waals surface area contributed by atoms with E-state index in [2.05, 4.69) is 0 Å². The number of esters is 1. The van der Waals surface area contributed by atoms with Crippen LogP contribution in [0.3, 0.4) is 0 Å². The maximum atomic E-state index is 13.2. The van der Waals surface area contributed by atoms with Crippen LogP contribution in [-0.2, 0) is 19.6 Å². The molecule has 0 bridgehead atoms. The summed E-state index contributed by atoms with van der Waals surface area (Å²) in [6, 6.07) is 4.52. The van der Waals surface area contributed by atoms with E-state index in [4.69, 9.17) is 10.5 Å². The predicted molar refractivity (Wildman–Crippen MR) is 90.2 cm³/mol. The minimum absolute atomic E-state index is 0.0534. The Morgan fingerprint density at radius 2 is 1.80 bits per heavy atom. The van der Waals surface area contributed by atoms with Gasteiger partial charge in [0.15, 0.2) is 0 Å². The van der Waals surface area contributed by atoms with Gasteiger partial charge < -0.3 is 10.5 Å². The Hall–Kier alpha value is -1.93. The van der Waals surface area contributed by atoms with Crippen molar-refractivity contribution in [2.24, 2.45) is 11.7 Å². The van der Waals surface area contributed by atoms with Gasteiger partial charge in [-0.25, -0.2) is 8.42 Å². The largest absolute Gasteiger partial charge is 0.468 e. The Kier molecular flexibility index (Phi) is 4.83. The Morgan fingerprint density at radius 1 is 1.16 bits per heavy atom. The Morgan fingerprint density at radius 3 is 2.40 bits per heavy atom. The number of hydrogen-bond donors (Lipinski definition) is 1. The van der Waals surface area contributed by atoms with Crippen LogP contribution in [0.25, 0.3) is 0 Å². The highest BCUT2D eigenvalue weighted by molar-refractivity contribution is 7.89. The normalized spacial score (nSPS) is 26.8. The Bertz CT molecular complexity index is 775. The second-order valence-electron chi connectivity index (χ2n) is 6.61. The zero-order valence-electron chi connectivity index (χ0n) is 14.1. The summed E-state index contributed by atoms with van der Waals surface area (Å²) >= 11 is 0. The Balaban J connectivity index is 1.99. The molecule has 8 heteroatoms. The monoisotopic (exact) mass is 366 g/mol. The van der Waals surface area contributed by atoms with Crippen LogP contribution >= 0.6 is 0 Å². The molecular weight excluding hydrogens is 344 g/mol. The van der Waals surface area contributed by atoms with E-state index in [1.54, 1.807) is 0 Å². The first kappa shape index (κ1) is 17.9.